The van der Waals surface area contributed by atoms with Crippen LogP contribution in [0, 0.1) is 0 Å². The summed E-state index contributed by atoms with van der Waals surface area (Å²) in [6, 6.07) is 0. The average molecular weight is 201 g/mol. The van der Waals surface area contributed by atoms with Crippen molar-refractivity contribution in [3.63, 3.8) is 0 Å². The first-order valence-corrected chi connectivity index (χ1v) is 4.85. The zero-order valence-electron chi connectivity index (χ0n) is 9.33. The van der Waals surface area contributed by atoms with Crippen LogP contribution in [0.3, 0.4) is 0 Å². The van der Waals surface area contributed by atoms with Gasteiger partial charge >= 0.3 is 0 Å². The third-order valence-corrected chi connectivity index (χ3v) is 2.76. The van der Waals surface area contributed by atoms with E-state index in [2.05, 4.69) is 0 Å². The third kappa shape index (κ3) is 2.25. The lowest BCUT2D eigenvalue weighted by molar-refractivity contribution is -0.150. The van der Waals surface area contributed by atoms with Crippen LogP contribution in [0.25, 0.3) is 0 Å². The van der Waals surface area contributed by atoms with Gasteiger partial charge in [-0.25, -0.2) is 0 Å². The summed E-state index contributed by atoms with van der Waals surface area (Å²) < 4.78 is 5.11. The van der Waals surface area contributed by atoms with Crippen molar-refractivity contribution in [1.82, 2.24) is 4.90 Å². The van der Waals surface area contributed by atoms with Crippen LogP contribution in [-0.2, 0) is 9.53 Å². The summed E-state index contributed by atoms with van der Waals surface area (Å²) in [6.07, 6.45) is 0.637. The van der Waals surface area contributed by atoms with Crippen molar-refractivity contribution in [1.29, 1.82) is 0 Å². The lowest BCUT2D eigenvalue weighted by atomic mass is 10.1. The molecule has 0 aromatic heterocycles. The molecule has 1 amide bonds. The van der Waals surface area contributed by atoms with Crippen molar-refractivity contribution >= 4 is 5.91 Å². The molecule has 1 N–H and O–H groups in total. The van der Waals surface area contributed by atoms with E-state index in [1.165, 1.54) is 7.11 Å². The second-order valence-electron chi connectivity index (χ2n) is 4.69. The standard InChI is InChI=1S/C10H19NO3/c1-9(2,14-4)8(12)11-6-5-10(3,13)7-11/h13H,5-7H2,1-4H3. The minimum atomic E-state index is -0.791. The second kappa shape index (κ2) is 3.51. The molecule has 0 aromatic carbocycles. The molecule has 1 atom stereocenters. The van der Waals surface area contributed by atoms with Gasteiger partial charge in [-0.3, -0.25) is 4.79 Å². The number of carbonyl (C=O) groups excluding carboxylic acids is 1. The summed E-state index contributed by atoms with van der Waals surface area (Å²) in [5.74, 6) is -0.0576. The Morgan fingerprint density at radius 3 is 2.50 bits per heavy atom. The fourth-order valence-corrected chi connectivity index (χ4v) is 1.59. The van der Waals surface area contributed by atoms with E-state index >= 15 is 0 Å². The van der Waals surface area contributed by atoms with Gasteiger partial charge in [-0.1, -0.05) is 0 Å². The predicted octanol–water partition coefficient (Wildman–Crippen LogP) is 0.395. The van der Waals surface area contributed by atoms with Gasteiger partial charge in [0, 0.05) is 20.2 Å². The van der Waals surface area contributed by atoms with Crippen molar-refractivity contribution in [2.24, 2.45) is 0 Å². The van der Waals surface area contributed by atoms with Gasteiger partial charge in [0.2, 0.25) is 0 Å². The Bertz CT molecular complexity index is 236. The van der Waals surface area contributed by atoms with Crippen LogP contribution < -0.4 is 0 Å². The smallest absolute Gasteiger partial charge is 0.254 e. The Balaban J connectivity index is 2.65. The van der Waals surface area contributed by atoms with E-state index in [0.29, 0.717) is 19.5 Å². The lowest BCUT2D eigenvalue weighted by Gasteiger charge is -2.28. The van der Waals surface area contributed by atoms with E-state index < -0.39 is 11.2 Å². The molecular weight excluding hydrogens is 182 g/mol. The highest BCUT2D eigenvalue weighted by Gasteiger charge is 2.39. The number of hydrogen-bond acceptors (Lipinski definition) is 3. The molecule has 0 spiro atoms. The fourth-order valence-electron chi connectivity index (χ4n) is 1.59. The van der Waals surface area contributed by atoms with Gasteiger partial charge in [0.1, 0.15) is 5.60 Å². The molecule has 1 heterocycles. The zero-order chi connectivity index (χ0) is 11.0. The summed E-state index contributed by atoms with van der Waals surface area (Å²) in [5.41, 5.74) is -1.53. The van der Waals surface area contributed by atoms with Gasteiger partial charge in [-0.2, -0.15) is 0 Å². The fraction of sp³-hybridized carbons (Fsp3) is 0.900. The van der Waals surface area contributed by atoms with Crippen molar-refractivity contribution in [2.45, 2.75) is 38.4 Å². The number of rotatable bonds is 2. The highest BCUT2D eigenvalue weighted by molar-refractivity contribution is 5.84. The minimum absolute atomic E-state index is 0.0576. The summed E-state index contributed by atoms with van der Waals surface area (Å²) in [4.78, 5) is 13.5. The van der Waals surface area contributed by atoms with Crippen LogP contribution in [0.4, 0.5) is 0 Å². The van der Waals surface area contributed by atoms with Crippen LogP contribution in [0.2, 0.25) is 0 Å². The number of β-amino-alcohol motifs (C(OH)–C–C–N with tert-alkyl or cyclic N) is 1. The van der Waals surface area contributed by atoms with E-state index in [1.54, 1.807) is 25.7 Å². The number of hydrogen-bond donors (Lipinski definition) is 1. The van der Waals surface area contributed by atoms with Crippen molar-refractivity contribution in [3.8, 4) is 0 Å². The largest absolute Gasteiger partial charge is 0.388 e. The van der Waals surface area contributed by atoms with Gasteiger partial charge in [-0.15, -0.1) is 0 Å². The number of likely N-dealkylation sites (tertiary alicyclic amines) is 1. The highest BCUT2D eigenvalue weighted by Crippen LogP contribution is 2.23. The molecule has 4 heteroatoms. The Morgan fingerprint density at radius 2 is 2.14 bits per heavy atom. The number of ether oxygens (including phenoxy) is 1. The van der Waals surface area contributed by atoms with Crippen molar-refractivity contribution in [3.05, 3.63) is 0 Å². The number of methoxy groups -OCH3 is 1. The van der Waals surface area contributed by atoms with E-state index in [9.17, 15) is 9.90 Å². The molecule has 1 fully saturated rings. The summed E-state index contributed by atoms with van der Waals surface area (Å²) in [5, 5.41) is 9.72. The molecule has 0 aliphatic carbocycles. The first kappa shape index (κ1) is 11.5. The molecule has 4 nitrogen and oxygen atoms in total. The molecular formula is C10H19NO3. The molecule has 1 unspecified atom stereocenters. The monoisotopic (exact) mass is 201 g/mol. The summed E-state index contributed by atoms with van der Waals surface area (Å²) >= 11 is 0. The zero-order valence-corrected chi connectivity index (χ0v) is 9.33. The molecule has 82 valence electrons. The normalized spacial score (nSPS) is 28.2. The minimum Gasteiger partial charge on any atom is -0.388 e. The molecule has 1 saturated heterocycles. The first-order chi connectivity index (χ1) is 6.28. The number of nitrogens with zero attached hydrogens (tertiary/aromatic N) is 1. The maximum atomic E-state index is 11.9. The third-order valence-electron chi connectivity index (χ3n) is 2.76. The lowest BCUT2D eigenvalue weighted by Crippen LogP contribution is -2.46. The highest BCUT2D eigenvalue weighted by atomic mass is 16.5. The maximum absolute atomic E-state index is 11.9. The van der Waals surface area contributed by atoms with E-state index in [4.69, 9.17) is 4.74 Å². The van der Waals surface area contributed by atoms with Crippen LogP contribution >= 0.6 is 0 Å². The number of carbonyl (C=O) groups is 1. The number of aliphatic hydroxyl groups is 1. The Morgan fingerprint density at radius 1 is 1.57 bits per heavy atom. The van der Waals surface area contributed by atoms with Crippen LogP contribution in [0.1, 0.15) is 27.2 Å². The predicted molar refractivity (Wildman–Crippen MR) is 52.9 cm³/mol. The van der Waals surface area contributed by atoms with Crippen LogP contribution in [-0.4, -0.2) is 47.3 Å². The quantitative estimate of drug-likeness (QED) is 0.703. The molecule has 1 rings (SSSR count). The van der Waals surface area contributed by atoms with Gasteiger partial charge in [0.25, 0.3) is 5.91 Å². The molecule has 1 aliphatic rings. The topological polar surface area (TPSA) is 49.8 Å². The maximum Gasteiger partial charge on any atom is 0.254 e. The summed E-state index contributed by atoms with van der Waals surface area (Å²) in [6.45, 7) is 6.24. The van der Waals surface area contributed by atoms with Gasteiger partial charge in [0.15, 0.2) is 0 Å². The Hall–Kier alpha value is -0.610. The van der Waals surface area contributed by atoms with Crippen molar-refractivity contribution < 1.29 is 14.6 Å². The SMILES string of the molecule is COC(C)(C)C(=O)N1CCC(C)(O)C1. The van der Waals surface area contributed by atoms with Gasteiger partial charge in [0.05, 0.1) is 5.60 Å². The van der Waals surface area contributed by atoms with E-state index in [-0.39, 0.29) is 5.91 Å². The van der Waals surface area contributed by atoms with E-state index in [1.807, 2.05) is 0 Å². The second-order valence-corrected chi connectivity index (χ2v) is 4.69. The Kier molecular flexibility index (Phi) is 2.88. The molecule has 0 radical (unpaired) electrons. The molecule has 0 bridgehead atoms. The average Bonchev–Trinajstić information content (AvgIpc) is 2.44. The van der Waals surface area contributed by atoms with Crippen LogP contribution in [0.15, 0.2) is 0 Å². The number of amides is 1. The Labute approximate surface area is 84.8 Å². The summed E-state index contributed by atoms with van der Waals surface area (Å²) in [7, 11) is 1.52. The van der Waals surface area contributed by atoms with Crippen molar-refractivity contribution in [2.75, 3.05) is 20.2 Å². The molecule has 14 heavy (non-hydrogen) atoms. The molecule has 0 aromatic rings. The van der Waals surface area contributed by atoms with Gasteiger partial charge in [-0.05, 0) is 27.2 Å². The molecule has 1 aliphatic heterocycles. The van der Waals surface area contributed by atoms with Crippen LogP contribution in [0.5, 0.6) is 0 Å². The molecule has 0 saturated carbocycles. The van der Waals surface area contributed by atoms with Gasteiger partial charge < -0.3 is 14.7 Å². The van der Waals surface area contributed by atoms with E-state index in [0.717, 1.165) is 0 Å². The first-order valence-electron chi connectivity index (χ1n) is 4.85.